The van der Waals surface area contributed by atoms with Crippen LogP contribution in [0.1, 0.15) is 32.7 Å². The molecule has 2 aromatic rings. The van der Waals surface area contributed by atoms with Crippen molar-refractivity contribution in [3.05, 3.63) is 65.5 Å². The number of rotatable bonds is 2. The molecule has 0 N–H and O–H groups in total. The van der Waals surface area contributed by atoms with E-state index in [4.69, 9.17) is 0 Å². The number of benzene rings is 1. The summed E-state index contributed by atoms with van der Waals surface area (Å²) in [5.41, 5.74) is -0.862. The van der Waals surface area contributed by atoms with E-state index in [1.54, 1.807) is 23.2 Å². The van der Waals surface area contributed by atoms with Crippen molar-refractivity contribution in [3.63, 3.8) is 0 Å². The summed E-state index contributed by atoms with van der Waals surface area (Å²) in [6.07, 6.45) is -1.07. The summed E-state index contributed by atoms with van der Waals surface area (Å²) in [5.74, 6) is -0.869. The first kappa shape index (κ1) is 18.9. The molecule has 1 aromatic heterocycles. The average molecular weight is 377 g/mol. The molecule has 3 rings (SSSR count). The van der Waals surface area contributed by atoms with Crippen molar-refractivity contribution in [1.82, 2.24) is 14.8 Å². The summed E-state index contributed by atoms with van der Waals surface area (Å²) in [6.45, 7) is 1.16. The quantitative estimate of drug-likeness (QED) is 0.808. The van der Waals surface area contributed by atoms with Crippen LogP contribution in [0.25, 0.3) is 0 Å². The van der Waals surface area contributed by atoms with Gasteiger partial charge in [0.1, 0.15) is 0 Å². The van der Waals surface area contributed by atoms with Gasteiger partial charge in [-0.15, -0.1) is 0 Å². The van der Waals surface area contributed by atoms with Gasteiger partial charge in [0.05, 0.1) is 16.7 Å². The van der Waals surface area contributed by atoms with Gasteiger partial charge in [-0.3, -0.25) is 14.6 Å². The molecule has 1 saturated heterocycles. The van der Waals surface area contributed by atoms with Gasteiger partial charge >= 0.3 is 6.18 Å². The topological polar surface area (TPSA) is 53.5 Å². The van der Waals surface area contributed by atoms with Gasteiger partial charge in [-0.25, -0.2) is 0 Å². The van der Waals surface area contributed by atoms with Crippen molar-refractivity contribution in [3.8, 4) is 0 Å². The normalized spacial score (nSPS) is 15.4. The third kappa shape index (κ3) is 4.27. The lowest BCUT2D eigenvalue weighted by Crippen LogP contribution is -2.38. The van der Waals surface area contributed by atoms with Gasteiger partial charge in [0, 0.05) is 38.6 Å². The lowest BCUT2D eigenvalue weighted by molar-refractivity contribution is -0.138. The number of nitrogens with zero attached hydrogens (tertiary/aromatic N) is 3. The van der Waals surface area contributed by atoms with E-state index in [1.165, 1.54) is 29.3 Å². The Morgan fingerprint density at radius 3 is 2.19 bits per heavy atom. The van der Waals surface area contributed by atoms with Gasteiger partial charge in [0.15, 0.2) is 0 Å². The van der Waals surface area contributed by atoms with E-state index < -0.39 is 17.6 Å². The van der Waals surface area contributed by atoms with Crippen molar-refractivity contribution < 1.29 is 22.8 Å². The highest BCUT2D eigenvalue weighted by Gasteiger charge is 2.36. The molecule has 2 amide bonds. The second-order valence-electron chi connectivity index (χ2n) is 6.22. The molecule has 0 bridgehead atoms. The number of alkyl halides is 3. The molecule has 0 atom stereocenters. The molecular formula is C19H18F3N3O2. The Morgan fingerprint density at radius 2 is 1.56 bits per heavy atom. The van der Waals surface area contributed by atoms with Gasteiger partial charge in [0.2, 0.25) is 0 Å². The van der Waals surface area contributed by atoms with Crippen molar-refractivity contribution >= 4 is 11.8 Å². The number of amides is 2. The van der Waals surface area contributed by atoms with E-state index >= 15 is 0 Å². The lowest BCUT2D eigenvalue weighted by Gasteiger charge is -2.23. The molecule has 0 saturated carbocycles. The Bertz CT molecular complexity index is 824. The van der Waals surface area contributed by atoms with Crippen LogP contribution in [0.4, 0.5) is 13.2 Å². The maximum absolute atomic E-state index is 13.2. The summed E-state index contributed by atoms with van der Waals surface area (Å²) in [7, 11) is 0. The fraction of sp³-hybridized carbons (Fsp3) is 0.316. The zero-order chi connectivity index (χ0) is 19.4. The van der Waals surface area contributed by atoms with Crippen LogP contribution in [-0.4, -0.2) is 52.8 Å². The second kappa shape index (κ2) is 7.77. The zero-order valence-corrected chi connectivity index (χ0v) is 14.4. The SMILES string of the molecule is O=C(c1cccnc1)N1CCCN(C(=O)c2ccccc2C(F)(F)F)CC1. The van der Waals surface area contributed by atoms with Crippen LogP contribution in [0.3, 0.4) is 0 Å². The number of carbonyl (C=O) groups excluding carboxylic acids is 2. The average Bonchev–Trinajstić information content (AvgIpc) is 2.93. The molecule has 5 nitrogen and oxygen atoms in total. The van der Waals surface area contributed by atoms with E-state index in [9.17, 15) is 22.8 Å². The first-order valence-corrected chi connectivity index (χ1v) is 8.53. The first-order chi connectivity index (χ1) is 12.9. The van der Waals surface area contributed by atoms with Crippen LogP contribution >= 0.6 is 0 Å². The maximum Gasteiger partial charge on any atom is 0.417 e. The van der Waals surface area contributed by atoms with Crippen LogP contribution in [0.15, 0.2) is 48.8 Å². The van der Waals surface area contributed by atoms with Crippen LogP contribution in [0.2, 0.25) is 0 Å². The molecule has 0 unspecified atom stereocenters. The zero-order valence-electron chi connectivity index (χ0n) is 14.4. The van der Waals surface area contributed by atoms with E-state index in [1.807, 2.05) is 0 Å². The largest absolute Gasteiger partial charge is 0.417 e. The standard InChI is InChI=1S/C19H18F3N3O2/c20-19(21,22)16-7-2-1-6-15(16)18(27)25-10-4-9-24(11-12-25)17(26)14-5-3-8-23-13-14/h1-3,5-8,13H,4,9-12H2. The third-order valence-electron chi connectivity index (χ3n) is 4.44. The number of carbonyl (C=O) groups is 2. The Balaban J connectivity index is 1.74. The van der Waals surface area contributed by atoms with E-state index in [0.717, 1.165) is 6.07 Å². The van der Waals surface area contributed by atoms with Crippen LogP contribution < -0.4 is 0 Å². The van der Waals surface area contributed by atoms with Gasteiger partial charge < -0.3 is 9.80 Å². The predicted octanol–water partition coefficient (Wildman–Crippen LogP) is 3.09. The minimum Gasteiger partial charge on any atom is -0.337 e. The van der Waals surface area contributed by atoms with E-state index in [-0.39, 0.29) is 24.6 Å². The molecule has 1 aliphatic heterocycles. The lowest BCUT2D eigenvalue weighted by atomic mass is 10.1. The van der Waals surface area contributed by atoms with Crippen molar-refractivity contribution in [1.29, 1.82) is 0 Å². The number of hydrogen-bond acceptors (Lipinski definition) is 3. The molecule has 8 heteroatoms. The molecule has 1 aliphatic rings. The van der Waals surface area contributed by atoms with Crippen LogP contribution in [0.5, 0.6) is 0 Å². The van der Waals surface area contributed by atoms with Crippen LogP contribution in [-0.2, 0) is 6.18 Å². The highest BCUT2D eigenvalue weighted by molar-refractivity contribution is 5.96. The fourth-order valence-corrected chi connectivity index (χ4v) is 3.08. The van der Waals surface area contributed by atoms with Crippen molar-refractivity contribution in [2.45, 2.75) is 12.6 Å². The first-order valence-electron chi connectivity index (χ1n) is 8.53. The maximum atomic E-state index is 13.2. The molecule has 1 fully saturated rings. The number of hydrogen-bond donors (Lipinski definition) is 0. The summed E-state index contributed by atoms with van der Waals surface area (Å²) in [6, 6.07) is 8.09. The molecule has 142 valence electrons. The molecule has 0 spiro atoms. The summed E-state index contributed by atoms with van der Waals surface area (Å²) in [4.78, 5) is 32.1. The van der Waals surface area contributed by atoms with Gasteiger partial charge in [0.25, 0.3) is 11.8 Å². The smallest absolute Gasteiger partial charge is 0.337 e. The minimum atomic E-state index is -4.60. The summed E-state index contributed by atoms with van der Waals surface area (Å²) >= 11 is 0. The summed E-state index contributed by atoms with van der Waals surface area (Å²) < 4.78 is 39.5. The molecule has 0 aliphatic carbocycles. The minimum absolute atomic E-state index is 0.178. The monoisotopic (exact) mass is 377 g/mol. The Kier molecular flexibility index (Phi) is 5.43. The predicted molar refractivity (Wildman–Crippen MR) is 92.1 cm³/mol. The third-order valence-corrected chi connectivity index (χ3v) is 4.44. The molecule has 27 heavy (non-hydrogen) atoms. The second-order valence-corrected chi connectivity index (χ2v) is 6.22. The number of aromatic nitrogens is 1. The van der Waals surface area contributed by atoms with Gasteiger partial charge in [-0.1, -0.05) is 12.1 Å². The van der Waals surface area contributed by atoms with Crippen molar-refractivity contribution in [2.24, 2.45) is 0 Å². The number of halogens is 3. The molecule has 0 radical (unpaired) electrons. The Labute approximate surface area is 154 Å². The fourth-order valence-electron chi connectivity index (χ4n) is 3.08. The summed E-state index contributed by atoms with van der Waals surface area (Å²) in [5, 5.41) is 0. The van der Waals surface area contributed by atoms with Gasteiger partial charge in [-0.2, -0.15) is 13.2 Å². The number of pyridine rings is 1. The van der Waals surface area contributed by atoms with Gasteiger partial charge in [-0.05, 0) is 30.7 Å². The molecule has 1 aromatic carbocycles. The molecular weight excluding hydrogens is 359 g/mol. The van der Waals surface area contributed by atoms with Crippen LogP contribution in [0, 0.1) is 0 Å². The van der Waals surface area contributed by atoms with E-state index in [0.29, 0.717) is 25.1 Å². The highest BCUT2D eigenvalue weighted by atomic mass is 19.4. The Hall–Kier alpha value is -2.90. The van der Waals surface area contributed by atoms with Crippen molar-refractivity contribution in [2.75, 3.05) is 26.2 Å². The Morgan fingerprint density at radius 1 is 0.889 bits per heavy atom. The van der Waals surface area contributed by atoms with E-state index in [2.05, 4.69) is 4.98 Å². The molecule has 2 heterocycles. The highest BCUT2D eigenvalue weighted by Crippen LogP contribution is 2.32.